The van der Waals surface area contributed by atoms with Crippen LogP contribution in [0.1, 0.15) is 12.8 Å². The summed E-state index contributed by atoms with van der Waals surface area (Å²) < 4.78 is 4.33. The van der Waals surface area contributed by atoms with Gasteiger partial charge in [-0.1, -0.05) is 13.3 Å². The molecule has 0 aliphatic rings. The molecule has 8 heavy (non-hydrogen) atoms. The number of ether oxygens (including phenoxy) is 1. The molecule has 0 fully saturated rings. The van der Waals surface area contributed by atoms with Crippen molar-refractivity contribution in [3.63, 3.8) is 0 Å². The Morgan fingerprint density at radius 3 is 2.88 bits per heavy atom. The van der Waals surface area contributed by atoms with Gasteiger partial charge in [0.05, 0.1) is 13.5 Å². The maximum Gasteiger partial charge on any atom is 0.309 e. The van der Waals surface area contributed by atoms with Crippen molar-refractivity contribution in [3.8, 4) is 0 Å². The summed E-state index contributed by atoms with van der Waals surface area (Å²) >= 11 is 0. The lowest BCUT2D eigenvalue weighted by molar-refractivity contribution is -0.136. The lowest BCUT2D eigenvalue weighted by atomic mass is 10.3. The van der Waals surface area contributed by atoms with Gasteiger partial charge in [-0.05, 0) is 6.42 Å². The van der Waals surface area contributed by atoms with Crippen molar-refractivity contribution < 1.29 is 9.53 Å². The number of rotatable bonds is 3. The molecule has 0 saturated heterocycles. The van der Waals surface area contributed by atoms with Crippen molar-refractivity contribution in [1.29, 1.82) is 0 Å². The molecule has 0 aromatic heterocycles. The molecule has 0 rings (SSSR count). The average Bonchev–Trinajstić information content (AvgIpc) is 1.83. The van der Waals surface area contributed by atoms with E-state index < -0.39 is 0 Å². The Morgan fingerprint density at radius 1 is 1.88 bits per heavy atom. The molecule has 2 nitrogen and oxygen atoms in total. The van der Waals surface area contributed by atoms with Crippen molar-refractivity contribution in [3.05, 3.63) is 13.3 Å². The van der Waals surface area contributed by atoms with Crippen LogP contribution in [0, 0.1) is 13.3 Å². The summed E-state index contributed by atoms with van der Waals surface area (Å²) in [5.74, 6) is -0.270. The first kappa shape index (κ1) is 7.47. The molecule has 2 heteroatoms. The van der Waals surface area contributed by atoms with E-state index in [9.17, 15) is 4.79 Å². The van der Waals surface area contributed by atoms with Gasteiger partial charge in [0, 0.05) is 0 Å². The van der Waals surface area contributed by atoms with Crippen molar-refractivity contribution in [2.45, 2.75) is 12.8 Å². The summed E-state index contributed by atoms with van der Waals surface area (Å²) in [7, 11) is 1.36. The summed E-state index contributed by atoms with van der Waals surface area (Å²) in [6, 6.07) is 0. The minimum atomic E-state index is -0.270. The van der Waals surface area contributed by atoms with Gasteiger partial charge in [0.25, 0.3) is 0 Å². The second-order valence-corrected chi connectivity index (χ2v) is 1.37. The summed E-state index contributed by atoms with van der Waals surface area (Å²) in [6.45, 7) is 3.55. The first-order valence-corrected chi connectivity index (χ1v) is 2.51. The molecule has 0 heterocycles. The largest absolute Gasteiger partial charge is 0.469 e. The molecule has 0 amide bonds. The standard InChI is InChI=1S/C6H10O2/c1-3-4-5-6(7)8-2/h5H,1,3-4H2,2H3. The van der Waals surface area contributed by atoms with E-state index in [1.54, 1.807) is 0 Å². The zero-order valence-electron chi connectivity index (χ0n) is 5.02. The van der Waals surface area contributed by atoms with Crippen LogP contribution in [-0.4, -0.2) is 13.1 Å². The van der Waals surface area contributed by atoms with Gasteiger partial charge in [-0.3, -0.25) is 4.79 Å². The van der Waals surface area contributed by atoms with Crippen molar-refractivity contribution in [2.75, 3.05) is 7.11 Å². The molecule has 0 unspecified atom stereocenters. The maximum absolute atomic E-state index is 10.3. The van der Waals surface area contributed by atoms with Crippen LogP contribution in [0.2, 0.25) is 0 Å². The van der Waals surface area contributed by atoms with E-state index in [0.717, 1.165) is 6.42 Å². The molecule has 0 saturated carbocycles. The Labute approximate surface area is 49.8 Å². The average molecular weight is 114 g/mol. The third-order valence-corrected chi connectivity index (χ3v) is 0.716. The van der Waals surface area contributed by atoms with Crippen molar-refractivity contribution in [2.24, 2.45) is 0 Å². The highest BCUT2D eigenvalue weighted by atomic mass is 16.5. The van der Waals surface area contributed by atoms with Crippen LogP contribution in [0.25, 0.3) is 0 Å². The van der Waals surface area contributed by atoms with Crippen LogP contribution in [0.5, 0.6) is 0 Å². The highest BCUT2D eigenvalue weighted by Gasteiger charge is 1.96. The number of hydrogen-bond donors (Lipinski definition) is 0. The second-order valence-electron chi connectivity index (χ2n) is 1.37. The topological polar surface area (TPSA) is 26.3 Å². The van der Waals surface area contributed by atoms with Gasteiger partial charge in [0.2, 0.25) is 0 Å². The number of methoxy groups -OCH3 is 1. The Hall–Kier alpha value is -0.530. The Balaban J connectivity index is 2.99. The van der Waals surface area contributed by atoms with Crippen LogP contribution < -0.4 is 0 Å². The van der Waals surface area contributed by atoms with E-state index in [1.807, 2.05) is 0 Å². The lowest BCUT2D eigenvalue weighted by Crippen LogP contribution is -1.99. The van der Waals surface area contributed by atoms with E-state index in [1.165, 1.54) is 13.5 Å². The fourth-order valence-corrected chi connectivity index (χ4v) is 0.303. The number of esters is 1. The fraction of sp³-hybridized carbons (Fsp3) is 0.500. The Morgan fingerprint density at radius 2 is 2.50 bits per heavy atom. The third-order valence-electron chi connectivity index (χ3n) is 0.716. The van der Waals surface area contributed by atoms with Crippen molar-refractivity contribution in [1.82, 2.24) is 0 Å². The molecule has 0 aliphatic carbocycles. The van der Waals surface area contributed by atoms with Gasteiger partial charge in [-0.15, -0.1) is 0 Å². The fourth-order valence-electron chi connectivity index (χ4n) is 0.303. The van der Waals surface area contributed by atoms with Crippen LogP contribution in [0.4, 0.5) is 0 Å². The molecule has 0 aromatic rings. The Bertz CT molecular complexity index is 68.9. The molecule has 0 bridgehead atoms. The predicted octanol–water partition coefficient (Wildman–Crippen LogP) is 0.978. The van der Waals surface area contributed by atoms with E-state index in [-0.39, 0.29) is 5.97 Å². The number of unbranched alkanes of at least 4 members (excludes halogenated alkanes) is 1. The smallest absolute Gasteiger partial charge is 0.309 e. The monoisotopic (exact) mass is 114 g/mol. The summed E-state index contributed by atoms with van der Waals surface area (Å²) in [4.78, 5) is 10.3. The van der Waals surface area contributed by atoms with E-state index in [4.69, 9.17) is 0 Å². The predicted molar refractivity (Wildman–Crippen MR) is 30.9 cm³/mol. The normalized spacial score (nSPS) is 8.75. The zero-order chi connectivity index (χ0) is 6.41. The quantitative estimate of drug-likeness (QED) is 0.511. The molecule has 0 atom stereocenters. The Kier molecular flexibility index (Phi) is 4.32. The first-order valence-electron chi connectivity index (χ1n) is 2.51. The molecule has 0 N–H and O–H groups in total. The number of carbonyl (C=O) groups is 1. The molecular formula is C6H10O2. The minimum Gasteiger partial charge on any atom is -0.469 e. The lowest BCUT2D eigenvalue weighted by Gasteiger charge is -1.93. The summed E-state index contributed by atoms with van der Waals surface area (Å²) in [5, 5.41) is 0. The highest BCUT2D eigenvalue weighted by molar-refractivity contribution is 5.78. The van der Waals surface area contributed by atoms with Gasteiger partial charge < -0.3 is 4.74 Å². The maximum atomic E-state index is 10.3. The van der Waals surface area contributed by atoms with E-state index >= 15 is 0 Å². The number of carbonyl (C=O) groups excluding carboxylic acids is 1. The van der Waals surface area contributed by atoms with Crippen molar-refractivity contribution >= 4 is 5.97 Å². The van der Waals surface area contributed by atoms with Crippen LogP contribution in [0.15, 0.2) is 0 Å². The van der Waals surface area contributed by atoms with Gasteiger partial charge in [-0.2, -0.15) is 0 Å². The third kappa shape index (κ3) is 3.65. The number of hydrogen-bond acceptors (Lipinski definition) is 2. The van der Waals surface area contributed by atoms with Crippen LogP contribution >= 0.6 is 0 Å². The first-order chi connectivity index (χ1) is 3.81. The van der Waals surface area contributed by atoms with Gasteiger partial charge >= 0.3 is 5.97 Å². The second kappa shape index (κ2) is 4.62. The van der Waals surface area contributed by atoms with E-state index in [0.29, 0.717) is 6.42 Å². The molecular weight excluding hydrogens is 104 g/mol. The van der Waals surface area contributed by atoms with Gasteiger partial charge in [0.15, 0.2) is 0 Å². The molecule has 0 spiro atoms. The van der Waals surface area contributed by atoms with Crippen LogP contribution in [0.3, 0.4) is 0 Å². The molecule has 0 aromatic carbocycles. The van der Waals surface area contributed by atoms with Crippen LogP contribution in [-0.2, 0) is 9.53 Å². The summed E-state index contributed by atoms with van der Waals surface area (Å²) in [5.41, 5.74) is 0. The SMILES string of the molecule is [CH2]CC[CH]C(=O)OC. The minimum absolute atomic E-state index is 0.270. The highest BCUT2D eigenvalue weighted by Crippen LogP contribution is 1.92. The molecule has 0 aliphatic heterocycles. The molecule has 2 radical (unpaired) electrons. The summed E-state index contributed by atoms with van der Waals surface area (Å²) in [6.07, 6.45) is 2.93. The van der Waals surface area contributed by atoms with Gasteiger partial charge in [-0.25, -0.2) is 0 Å². The van der Waals surface area contributed by atoms with Gasteiger partial charge in [0.1, 0.15) is 0 Å². The zero-order valence-corrected chi connectivity index (χ0v) is 5.02. The molecule has 46 valence electrons. The van der Waals surface area contributed by atoms with E-state index in [2.05, 4.69) is 11.7 Å².